The highest BCUT2D eigenvalue weighted by molar-refractivity contribution is 7.16. The van der Waals surface area contributed by atoms with Crippen molar-refractivity contribution >= 4 is 23.3 Å². The maximum atomic E-state index is 11.9. The van der Waals surface area contributed by atoms with E-state index < -0.39 is 0 Å². The molecule has 0 radical (unpaired) electrons. The summed E-state index contributed by atoms with van der Waals surface area (Å²) in [5.74, 6) is 0.0246. The van der Waals surface area contributed by atoms with Gasteiger partial charge in [0.25, 0.3) is 0 Å². The Kier molecular flexibility index (Phi) is 4.51. The molecule has 1 amide bonds. The van der Waals surface area contributed by atoms with Gasteiger partial charge in [0.05, 0.1) is 0 Å². The standard InChI is InChI=1S/C18H19NOS/c20-18(19-15-8-4-5-9-15)13-11-16-10-12-17(21-16)14-6-2-1-3-7-14/h1-3,6-7,10-13,15H,4-5,8-9H2,(H,19,20)/b13-11+. The molecule has 108 valence electrons. The van der Waals surface area contributed by atoms with Crippen LogP contribution >= 0.6 is 11.3 Å². The Hall–Kier alpha value is -1.87. The molecule has 0 unspecified atom stereocenters. The van der Waals surface area contributed by atoms with Crippen LogP contribution in [0, 0.1) is 0 Å². The van der Waals surface area contributed by atoms with Crippen LogP contribution in [-0.4, -0.2) is 11.9 Å². The summed E-state index contributed by atoms with van der Waals surface area (Å²) < 4.78 is 0. The lowest BCUT2D eigenvalue weighted by atomic mass is 10.2. The summed E-state index contributed by atoms with van der Waals surface area (Å²) in [5.41, 5.74) is 1.22. The third-order valence-electron chi connectivity index (χ3n) is 3.79. The van der Waals surface area contributed by atoms with E-state index in [1.807, 2.05) is 24.3 Å². The van der Waals surface area contributed by atoms with E-state index in [4.69, 9.17) is 0 Å². The van der Waals surface area contributed by atoms with Gasteiger partial charge in [0.2, 0.25) is 5.91 Å². The summed E-state index contributed by atoms with van der Waals surface area (Å²) >= 11 is 1.70. The molecule has 21 heavy (non-hydrogen) atoms. The molecule has 1 heterocycles. The van der Waals surface area contributed by atoms with Crippen molar-refractivity contribution in [1.82, 2.24) is 5.32 Å². The van der Waals surface area contributed by atoms with E-state index in [1.54, 1.807) is 17.4 Å². The minimum Gasteiger partial charge on any atom is -0.350 e. The molecule has 2 nitrogen and oxygen atoms in total. The highest BCUT2D eigenvalue weighted by Gasteiger charge is 2.15. The molecule has 0 atom stereocenters. The van der Waals surface area contributed by atoms with Crippen LogP contribution in [0.25, 0.3) is 16.5 Å². The number of rotatable bonds is 4. The summed E-state index contributed by atoms with van der Waals surface area (Å²) in [6.07, 6.45) is 8.27. The first-order valence-corrected chi connectivity index (χ1v) is 8.27. The second kappa shape index (κ2) is 6.72. The van der Waals surface area contributed by atoms with Crippen molar-refractivity contribution in [2.75, 3.05) is 0 Å². The second-order valence-corrected chi connectivity index (χ2v) is 6.51. The Morgan fingerprint density at radius 3 is 2.62 bits per heavy atom. The van der Waals surface area contributed by atoms with E-state index in [2.05, 4.69) is 29.6 Å². The van der Waals surface area contributed by atoms with Crippen molar-refractivity contribution < 1.29 is 4.79 Å². The monoisotopic (exact) mass is 297 g/mol. The number of hydrogen-bond donors (Lipinski definition) is 1. The van der Waals surface area contributed by atoms with Gasteiger partial charge in [-0.25, -0.2) is 0 Å². The predicted octanol–water partition coefficient (Wildman–Crippen LogP) is 4.49. The summed E-state index contributed by atoms with van der Waals surface area (Å²) in [6, 6.07) is 14.9. The first-order chi connectivity index (χ1) is 10.3. The Morgan fingerprint density at radius 2 is 1.86 bits per heavy atom. The van der Waals surface area contributed by atoms with Gasteiger partial charge in [-0.05, 0) is 36.6 Å². The van der Waals surface area contributed by atoms with Crippen LogP contribution in [0.4, 0.5) is 0 Å². The fraction of sp³-hybridized carbons (Fsp3) is 0.278. The number of benzene rings is 1. The number of amides is 1. The van der Waals surface area contributed by atoms with Crippen molar-refractivity contribution in [3.63, 3.8) is 0 Å². The number of thiophene rings is 1. The lowest BCUT2D eigenvalue weighted by molar-refractivity contribution is -0.117. The number of hydrogen-bond acceptors (Lipinski definition) is 2. The van der Waals surface area contributed by atoms with Gasteiger partial charge in [0.1, 0.15) is 0 Å². The highest BCUT2D eigenvalue weighted by Crippen LogP contribution is 2.28. The first kappa shape index (κ1) is 14.1. The topological polar surface area (TPSA) is 29.1 Å². The highest BCUT2D eigenvalue weighted by atomic mass is 32.1. The third-order valence-corrected chi connectivity index (χ3v) is 4.89. The van der Waals surface area contributed by atoms with E-state index in [0.29, 0.717) is 6.04 Å². The molecule has 0 aliphatic heterocycles. The van der Waals surface area contributed by atoms with Gasteiger partial charge in [-0.2, -0.15) is 0 Å². The van der Waals surface area contributed by atoms with Crippen LogP contribution in [-0.2, 0) is 4.79 Å². The Bertz CT molecular complexity index is 624. The fourth-order valence-corrected chi connectivity index (χ4v) is 3.59. The Morgan fingerprint density at radius 1 is 1.10 bits per heavy atom. The molecule has 1 N–H and O–H groups in total. The maximum absolute atomic E-state index is 11.9. The van der Waals surface area contributed by atoms with Crippen LogP contribution in [0.2, 0.25) is 0 Å². The largest absolute Gasteiger partial charge is 0.350 e. The van der Waals surface area contributed by atoms with Crippen LogP contribution in [0.3, 0.4) is 0 Å². The van der Waals surface area contributed by atoms with E-state index in [1.165, 1.54) is 23.3 Å². The van der Waals surface area contributed by atoms with Gasteiger partial charge in [-0.15, -0.1) is 11.3 Å². The lowest BCUT2D eigenvalue weighted by Gasteiger charge is -2.08. The third kappa shape index (κ3) is 3.82. The molecule has 1 fully saturated rings. The van der Waals surface area contributed by atoms with E-state index >= 15 is 0 Å². The molecule has 0 saturated heterocycles. The molecule has 1 aliphatic rings. The Balaban J connectivity index is 1.61. The van der Waals surface area contributed by atoms with Crippen molar-refractivity contribution in [3.05, 3.63) is 53.4 Å². The average molecular weight is 297 g/mol. The van der Waals surface area contributed by atoms with Crippen molar-refractivity contribution in [2.45, 2.75) is 31.7 Å². The number of nitrogens with one attached hydrogen (secondary N) is 1. The Labute approximate surface area is 129 Å². The summed E-state index contributed by atoms with van der Waals surface area (Å²) in [5, 5.41) is 3.07. The zero-order valence-corrected chi connectivity index (χ0v) is 12.7. The van der Waals surface area contributed by atoms with Gasteiger partial charge in [-0.1, -0.05) is 43.2 Å². The zero-order valence-electron chi connectivity index (χ0n) is 11.9. The van der Waals surface area contributed by atoms with Crippen molar-refractivity contribution in [3.8, 4) is 10.4 Å². The van der Waals surface area contributed by atoms with Gasteiger partial charge < -0.3 is 5.32 Å². The van der Waals surface area contributed by atoms with E-state index in [-0.39, 0.29) is 5.91 Å². The number of carbonyl (C=O) groups is 1. The second-order valence-electron chi connectivity index (χ2n) is 5.39. The van der Waals surface area contributed by atoms with Crippen LogP contribution in [0.15, 0.2) is 48.5 Å². The van der Waals surface area contributed by atoms with Crippen LogP contribution < -0.4 is 5.32 Å². The van der Waals surface area contributed by atoms with E-state index in [0.717, 1.165) is 17.7 Å². The summed E-state index contributed by atoms with van der Waals surface area (Å²) in [4.78, 5) is 14.2. The van der Waals surface area contributed by atoms with E-state index in [9.17, 15) is 4.79 Å². The smallest absolute Gasteiger partial charge is 0.244 e. The minimum atomic E-state index is 0.0246. The summed E-state index contributed by atoms with van der Waals surface area (Å²) in [7, 11) is 0. The predicted molar refractivity (Wildman–Crippen MR) is 89.2 cm³/mol. The minimum absolute atomic E-state index is 0.0246. The van der Waals surface area contributed by atoms with Crippen molar-refractivity contribution in [1.29, 1.82) is 0 Å². The number of carbonyl (C=O) groups excluding carboxylic acids is 1. The summed E-state index contributed by atoms with van der Waals surface area (Å²) in [6.45, 7) is 0. The molecule has 0 spiro atoms. The van der Waals surface area contributed by atoms with Gasteiger partial charge in [0, 0.05) is 21.9 Å². The van der Waals surface area contributed by atoms with Crippen LogP contribution in [0.1, 0.15) is 30.6 Å². The van der Waals surface area contributed by atoms with Gasteiger partial charge >= 0.3 is 0 Å². The van der Waals surface area contributed by atoms with Crippen LogP contribution in [0.5, 0.6) is 0 Å². The van der Waals surface area contributed by atoms with Gasteiger partial charge in [0.15, 0.2) is 0 Å². The first-order valence-electron chi connectivity index (χ1n) is 7.45. The average Bonchev–Trinajstić information content (AvgIpc) is 3.17. The molecule has 1 aromatic carbocycles. The molecular formula is C18H19NOS. The van der Waals surface area contributed by atoms with Crippen molar-refractivity contribution in [2.24, 2.45) is 0 Å². The molecular weight excluding hydrogens is 278 g/mol. The quantitative estimate of drug-likeness (QED) is 0.828. The molecule has 3 rings (SSSR count). The molecule has 2 aromatic rings. The molecule has 1 aliphatic carbocycles. The fourth-order valence-electron chi connectivity index (χ4n) is 2.68. The zero-order chi connectivity index (χ0) is 14.5. The molecule has 0 bridgehead atoms. The molecule has 1 saturated carbocycles. The molecule has 3 heteroatoms. The lowest BCUT2D eigenvalue weighted by Crippen LogP contribution is -2.30. The maximum Gasteiger partial charge on any atom is 0.244 e. The SMILES string of the molecule is O=C(/C=C/c1ccc(-c2ccccc2)s1)NC1CCCC1. The molecule has 1 aromatic heterocycles. The van der Waals surface area contributed by atoms with Gasteiger partial charge in [-0.3, -0.25) is 4.79 Å². The normalized spacial score (nSPS) is 15.6.